The third-order valence-electron chi connectivity index (χ3n) is 7.67. The first kappa shape index (κ1) is 24.5. The summed E-state index contributed by atoms with van der Waals surface area (Å²) in [6.07, 6.45) is 3.51. The number of tetrazole rings is 1. The normalized spacial score (nSPS) is 19.3. The number of furan rings is 1. The van der Waals surface area contributed by atoms with Crippen molar-refractivity contribution in [2.45, 2.75) is 45.4 Å². The molecule has 6 rings (SSSR count). The average Bonchev–Trinajstić information content (AvgIpc) is 3.72. The largest absolute Gasteiger partial charge is 0.459 e. The number of hydrogen-bond acceptors (Lipinski definition) is 8. The monoisotopic (exact) mass is 517 g/mol. The van der Waals surface area contributed by atoms with Gasteiger partial charge in [-0.3, -0.25) is 14.5 Å². The van der Waals surface area contributed by atoms with Gasteiger partial charge < -0.3 is 19.0 Å². The molecule has 2 saturated heterocycles. The molecule has 2 aliphatic heterocycles. The van der Waals surface area contributed by atoms with Gasteiger partial charge in [0.05, 0.1) is 24.4 Å². The minimum atomic E-state index is -0.486. The van der Waals surface area contributed by atoms with Gasteiger partial charge in [-0.05, 0) is 66.4 Å². The molecule has 0 aliphatic carbocycles. The smallest absolute Gasteiger partial charge is 0.289 e. The number of nitrogens with zero attached hydrogens (tertiary/aromatic N) is 6. The Kier molecular flexibility index (Phi) is 6.54. The van der Waals surface area contributed by atoms with Crippen LogP contribution in [-0.4, -0.2) is 79.8 Å². The van der Waals surface area contributed by atoms with Crippen LogP contribution < -0.4 is 5.56 Å². The lowest BCUT2D eigenvalue weighted by Crippen LogP contribution is -2.50. The summed E-state index contributed by atoms with van der Waals surface area (Å²) < 4.78 is 12.9. The number of amides is 1. The Hall–Kier alpha value is -3.83. The molecule has 0 saturated carbocycles. The predicted octanol–water partition coefficient (Wildman–Crippen LogP) is 2.45. The van der Waals surface area contributed by atoms with Crippen molar-refractivity contribution in [2.75, 3.05) is 32.8 Å². The van der Waals surface area contributed by atoms with Gasteiger partial charge in [0.15, 0.2) is 11.6 Å². The van der Waals surface area contributed by atoms with Gasteiger partial charge >= 0.3 is 0 Å². The van der Waals surface area contributed by atoms with Gasteiger partial charge in [-0.15, -0.1) is 5.10 Å². The summed E-state index contributed by atoms with van der Waals surface area (Å²) in [6.45, 7) is 7.38. The number of rotatable bonds is 6. The number of ether oxygens (including phenoxy) is 1. The second-order valence-electron chi connectivity index (χ2n) is 10.1. The van der Waals surface area contributed by atoms with E-state index in [0.29, 0.717) is 49.9 Å². The maximum Gasteiger partial charge on any atom is 0.289 e. The fourth-order valence-corrected chi connectivity index (χ4v) is 5.55. The Balaban J connectivity index is 1.37. The summed E-state index contributed by atoms with van der Waals surface area (Å²) >= 11 is 0. The molecule has 3 aromatic heterocycles. The molecule has 198 valence electrons. The van der Waals surface area contributed by atoms with E-state index in [1.165, 1.54) is 6.26 Å². The standard InChI is InChI=1S/C27H31N7O4/c1-17-7-8-18(2)23-20(17)15-21(26(35)28-23)24(25-29-30-31-34(25)16-19-5-3-13-37-19)32-9-11-33(12-10-32)27(36)22-6-4-14-38-22/h4,6-8,14-15,19,24H,3,5,9-13,16H2,1-2H3,(H,28,35). The second-order valence-corrected chi connectivity index (χ2v) is 10.1. The molecule has 1 amide bonds. The van der Waals surface area contributed by atoms with Gasteiger partial charge in [0.2, 0.25) is 0 Å². The topological polar surface area (TPSA) is 122 Å². The first-order valence-corrected chi connectivity index (χ1v) is 13.1. The molecule has 4 aromatic rings. The highest BCUT2D eigenvalue weighted by molar-refractivity contribution is 5.91. The highest BCUT2D eigenvalue weighted by Crippen LogP contribution is 2.30. The summed E-state index contributed by atoms with van der Waals surface area (Å²) in [5.74, 6) is 0.790. The van der Waals surface area contributed by atoms with E-state index in [1.54, 1.807) is 21.7 Å². The van der Waals surface area contributed by atoms with Crippen LogP contribution in [-0.2, 0) is 11.3 Å². The molecule has 11 heteroatoms. The number of piperazine rings is 1. The van der Waals surface area contributed by atoms with E-state index >= 15 is 0 Å². The summed E-state index contributed by atoms with van der Waals surface area (Å²) in [6, 6.07) is 8.96. The number of fused-ring (bicyclic) bond motifs is 1. The molecule has 38 heavy (non-hydrogen) atoms. The van der Waals surface area contributed by atoms with Crippen LogP contribution in [0.25, 0.3) is 10.9 Å². The van der Waals surface area contributed by atoms with Crippen LogP contribution >= 0.6 is 0 Å². The summed E-state index contributed by atoms with van der Waals surface area (Å²) in [5, 5.41) is 13.7. The number of aryl methyl sites for hydroxylation is 2. The van der Waals surface area contributed by atoms with Crippen LogP contribution in [0.5, 0.6) is 0 Å². The Bertz CT molecular complexity index is 1500. The van der Waals surface area contributed by atoms with E-state index in [1.807, 2.05) is 26.0 Å². The molecule has 11 nitrogen and oxygen atoms in total. The van der Waals surface area contributed by atoms with E-state index in [2.05, 4.69) is 31.5 Å². The molecule has 0 spiro atoms. The number of carbonyl (C=O) groups excluding carboxylic acids is 1. The van der Waals surface area contributed by atoms with Crippen LogP contribution in [0.2, 0.25) is 0 Å². The van der Waals surface area contributed by atoms with E-state index < -0.39 is 6.04 Å². The number of carbonyl (C=O) groups is 1. The van der Waals surface area contributed by atoms with Crippen LogP contribution in [0.4, 0.5) is 0 Å². The summed E-state index contributed by atoms with van der Waals surface area (Å²) in [7, 11) is 0. The molecular formula is C27H31N7O4. The molecule has 2 fully saturated rings. The number of aromatic nitrogens is 5. The number of aromatic amines is 1. The molecule has 2 unspecified atom stereocenters. The summed E-state index contributed by atoms with van der Waals surface area (Å²) in [4.78, 5) is 33.5. The highest BCUT2D eigenvalue weighted by Gasteiger charge is 2.35. The average molecular weight is 518 g/mol. The van der Waals surface area contributed by atoms with Crippen molar-refractivity contribution in [3.8, 4) is 0 Å². The van der Waals surface area contributed by atoms with Crippen molar-refractivity contribution in [3.63, 3.8) is 0 Å². The van der Waals surface area contributed by atoms with Crippen LogP contribution in [0.15, 0.2) is 45.8 Å². The van der Waals surface area contributed by atoms with E-state index in [4.69, 9.17) is 9.15 Å². The van der Waals surface area contributed by atoms with Crippen molar-refractivity contribution in [1.82, 2.24) is 35.0 Å². The zero-order valence-electron chi connectivity index (χ0n) is 21.6. The molecule has 1 N–H and O–H groups in total. The fourth-order valence-electron chi connectivity index (χ4n) is 5.55. The molecule has 1 aromatic carbocycles. The first-order chi connectivity index (χ1) is 18.5. The molecule has 2 atom stereocenters. The third kappa shape index (κ3) is 4.52. The van der Waals surface area contributed by atoms with Crippen molar-refractivity contribution < 1.29 is 13.9 Å². The van der Waals surface area contributed by atoms with Gasteiger partial charge in [0.1, 0.15) is 6.04 Å². The van der Waals surface area contributed by atoms with Crippen LogP contribution in [0, 0.1) is 13.8 Å². The van der Waals surface area contributed by atoms with Crippen LogP contribution in [0.1, 0.15) is 52.0 Å². The molecular weight excluding hydrogens is 486 g/mol. The number of hydrogen-bond donors (Lipinski definition) is 1. The lowest BCUT2D eigenvalue weighted by atomic mass is 9.99. The second kappa shape index (κ2) is 10.1. The number of H-pyrrole nitrogens is 1. The lowest BCUT2D eigenvalue weighted by Gasteiger charge is -2.38. The highest BCUT2D eigenvalue weighted by atomic mass is 16.5. The van der Waals surface area contributed by atoms with Gasteiger partial charge in [-0.25, -0.2) is 4.68 Å². The van der Waals surface area contributed by atoms with E-state index in [9.17, 15) is 9.59 Å². The number of pyridine rings is 1. The Morgan fingerprint density at radius 3 is 2.71 bits per heavy atom. The Morgan fingerprint density at radius 1 is 1.16 bits per heavy atom. The zero-order valence-corrected chi connectivity index (χ0v) is 21.6. The first-order valence-electron chi connectivity index (χ1n) is 13.1. The molecule has 0 bridgehead atoms. The van der Waals surface area contributed by atoms with Gasteiger partial charge in [-0.1, -0.05) is 12.1 Å². The SMILES string of the molecule is Cc1ccc(C)c2[nH]c(=O)c(C(c3nnnn3CC3CCCO3)N3CCN(C(=O)c4ccco4)CC3)cc12. The van der Waals surface area contributed by atoms with Gasteiger partial charge in [0.25, 0.3) is 11.5 Å². The predicted molar refractivity (Wildman–Crippen MR) is 139 cm³/mol. The maximum absolute atomic E-state index is 13.6. The minimum absolute atomic E-state index is 0.0421. The van der Waals surface area contributed by atoms with Crippen molar-refractivity contribution in [1.29, 1.82) is 0 Å². The van der Waals surface area contributed by atoms with Crippen molar-refractivity contribution in [2.24, 2.45) is 0 Å². The zero-order chi connectivity index (χ0) is 26.2. The Morgan fingerprint density at radius 2 is 1.97 bits per heavy atom. The molecule has 2 aliphatic rings. The quantitative estimate of drug-likeness (QED) is 0.414. The van der Waals surface area contributed by atoms with E-state index in [-0.39, 0.29) is 17.6 Å². The number of benzene rings is 1. The molecule has 0 radical (unpaired) electrons. The Labute approximate surface area is 219 Å². The fraction of sp³-hybridized carbons (Fsp3) is 0.444. The van der Waals surface area contributed by atoms with Crippen LogP contribution in [0.3, 0.4) is 0 Å². The lowest BCUT2D eigenvalue weighted by molar-refractivity contribution is 0.0550. The summed E-state index contributed by atoms with van der Waals surface area (Å²) in [5.41, 5.74) is 3.34. The van der Waals surface area contributed by atoms with E-state index in [0.717, 1.165) is 41.5 Å². The third-order valence-corrected chi connectivity index (χ3v) is 7.67. The molecule has 5 heterocycles. The maximum atomic E-state index is 13.6. The van der Waals surface area contributed by atoms with Gasteiger partial charge in [-0.2, -0.15) is 0 Å². The minimum Gasteiger partial charge on any atom is -0.459 e. The van der Waals surface area contributed by atoms with Gasteiger partial charge in [0, 0.05) is 43.7 Å². The number of nitrogens with one attached hydrogen (secondary N) is 1. The van der Waals surface area contributed by atoms with Crippen molar-refractivity contribution in [3.05, 3.63) is 75.2 Å². The van der Waals surface area contributed by atoms with Crippen molar-refractivity contribution >= 4 is 16.8 Å².